The van der Waals surface area contributed by atoms with Gasteiger partial charge >= 0.3 is 0 Å². The summed E-state index contributed by atoms with van der Waals surface area (Å²) in [6.45, 7) is 0. The van der Waals surface area contributed by atoms with Crippen LogP contribution in [0.1, 0.15) is 36.0 Å². The molecule has 2 nitrogen and oxygen atoms in total. The van der Waals surface area contributed by atoms with Crippen LogP contribution in [0.5, 0.6) is 5.75 Å². The smallest absolute Gasteiger partial charge is 0.166 e. The van der Waals surface area contributed by atoms with Gasteiger partial charge < -0.3 is 4.74 Å². The minimum absolute atomic E-state index is 0.0755. The SMILES string of the molecule is COc1ccc(C(=O)C2CC3CCC(C2)S3)cc1F. The second-order valence-electron chi connectivity index (χ2n) is 5.34. The molecule has 0 aliphatic carbocycles. The van der Waals surface area contributed by atoms with Gasteiger partial charge in [-0.15, -0.1) is 0 Å². The number of ether oxygens (including phenoxy) is 1. The number of benzene rings is 1. The van der Waals surface area contributed by atoms with Gasteiger partial charge in [-0.25, -0.2) is 4.39 Å². The Balaban J connectivity index is 1.78. The number of carbonyl (C=O) groups excluding carboxylic acids is 1. The lowest BCUT2D eigenvalue weighted by atomic mass is 9.90. The molecule has 2 heterocycles. The minimum atomic E-state index is -0.457. The minimum Gasteiger partial charge on any atom is -0.494 e. The van der Waals surface area contributed by atoms with Crippen LogP contribution >= 0.6 is 11.8 Å². The monoisotopic (exact) mass is 280 g/mol. The van der Waals surface area contributed by atoms with E-state index in [1.165, 1.54) is 32.1 Å². The third-order valence-corrected chi connectivity index (χ3v) is 5.72. The molecule has 2 saturated heterocycles. The summed E-state index contributed by atoms with van der Waals surface area (Å²) in [6.07, 6.45) is 4.37. The van der Waals surface area contributed by atoms with Crippen LogP contribution in [-0.2, 0) is 0 Å². The molecule has 0 spiro atoms. The predicted octanol–water partition coefficient (Wildman–Crippen LogP) is 3.69. The topological polar surface area (TPSA) is 26.3 Å². The first-order chi connectivity index (χ1) is 9.17. The molecule has 2 atom stereocenters. The molecule has 1 aromatic carbocycles. The average Bonchev–Trinajstić information content (AvgIpc) is 2.76. The van der Waals surface area contributed by atoms with E-state index in [1.54, 1.807) is 6.07 Å². The van der Waals surface area contributed by atoms with Gasteiger partial charge in [0, 0.05) is 22.0 Å². The van der Waals surface area contributed by atoms with Crippen LogP contribution < -0.4 is 4.74 Å². The quantitative estimate of drug-likeness (QED) is 0.790. The van der Waals surface area contributed by atoms with Gasteiger partial charge in [-0.3, -0.25) is 4.79 Å². The summed E-state index contributed by atoms with van der Waals surface area (Å²) >= 11 is 2.03. The van der Waals surface area contributed by atoms with Crippen molar-refractivity contribution in [2.24, 2.45) is 5.92 Å². The highest BCUT2D eigenvalue weighted by molar-refractivity contribution is 8.00. The number of hydrogen-bond acceptors (Lipinski definition) is 3. The number of carbonyl (C=O) groups is 1. The second kappa shape index (κ2) is 5.16. The van der Waals surface area contributed by atoms with Crippen LogP contribution in [0.2, 0.25) is 0 Å². The van der Waals surface area contributed by atoms with E-state index in [4.69, 9.17) is 4.74 Å². The Hall–Kier alpha value is -1.03. The maximum absolute atomic E-state index is 13.7. The van der Waals surface area contributed by atoms with E-state index in [2.05, 4.69) is 0 Å². The molecule has 0 saturated carbocycles. The standard InChI is InChI=1S/C15H17FO2S/c1-18-14-5-2-9(8-13(14)16)15(17)10-6-11-3-4-12(7-10)19-11/h2,5,8,10-12H,3-4,6-7H2,1H3. The van der Waals surface area contributed by atoms with E-state index in [-0.39, 0.29) is 17.5 Å². The predicted molar refractivity (Wildman–Crippen MR) is 74.4 cm³/mol. The Labute approximate surface area is 116 Å². The maximum atomic E-state index is 13.7. The van der Waals surface area contributed by atoms with Gasteiger partial charge in [-0.1, -0.05) is 0 Å². The van der Waals surface area contributed by atoms with Gasteiger partial charge in [0.05, 0.1) is 7.11 Å². The molecule has 2 aliphatic heterocycles. The number of rotatable bonds is 3. The van der Waals surface area contributed by atoms with Crippen LogP contribution in [0, 0.1) is 11.7 Å². The van der Waals surface area contributed by atoms with Gasteiger partial charge in [-0.2, -0.15) is 11.8 Å². The molecule has 2 aliphatic rings. The van der Waals surface area contributed by atoms with E-state index in [9.17, 15) is 9.18 Å². The lowest BCUT2D eigenvalue weighted by Gasteiger charge is -2.26. The van der Waals surface area contributed by atoms with E-state index in [0.29, 0.717) is 16.1 Å². The van der Waals surface area contributed by atoms with Crippen LogP contribution in [-0.4, -0.2) is 23.4 Å². The molecular weight excluding hydrogens is 263 g/mol. The van der Waals surface area contributed by atoms with E-state index in [1.807, 2.05) is 11.8 Å². The number of thioether (sulfide) groups is 1. The fraction of sp³-hybridized carbons (Fsp3) is 0.533. The van der Waals surface area contributed by atoms with Crippen molar-refractivity contribution >= 4 is 17.5 Å². The number of fused-ring (bicyclic) bond motifs is 2. The van der Waals surface area contributed by atoms with Crippen molar-refractivity contribution in [3.05, 3.63) is 29.6 Å². The first-order valence-electron chi connectivity index (χ1n) is 6.70. The van der Waals surface area contributed by atoms with Crippen molar-refractivity contribution in [3.63, 3.8) is 0 Å². The summed E-state index contributed by atoms with van der Waals surface area (Å²) in [5.41, 5.74) is 0.481. The Kier molecular flexibility index (Phi) is 3.52. The molecule has 1 aromatic rings. The normalized spacial score (nSPS) is 29.3. The molecule has 4 heteroatoms. The molecule has 0 N–H and O–H groups in total. The lowest BCUT2D eigenvalue weighted by molar-refractivity contribution is 0.0906. The Morgan fingerprint density at radius 2 is 2.00 bits per heavy atom. The molecule has 2 fully saturated rings. The third kappa shape index (κ3) is 2.50. The van der Waals surface area contributed by atoms with Gasteiger partial charge in [0.1, 0.15) is 0 Å². The summed E-state index contributed by atoms with van der Waals surface area (Å²) in [4.78, 5) is 12.5. The summed E-state index contributed by atoms with van der Waals surface area (Å²) in [7, 11) is 1.43. The zero-order valence-electron chi connectivity index (χ0n) is 10.9. The van der Waals surface area contributed by atoms with Gasteiger partial charge in [0.15, 0.2) is 17.3 Å². The third-order valence-electron chi connectivity index (χ3n) is 4.10. The van der Waals surface area contributed by atoms with Crippen molar-refractivity contribution in [1.29, 1.82) is 0 Å². The first kappa shape index (κ1) is 13.0. The summed E-state index contributed by atoms with van der Waals surface area (Å²) in [6, 6.07) is 4.52. The largest absolute Gasteiger partial charge is 0.494 e. The lowest BCUT2D eigenvalue weighted by Crippen LogP contribution is -2.24. The molecule has 0 radical (unpaired) electrons. The Morgan fingerprint density at radius 3 is 2.58 bits per heavy atom. The maximum Gasteiger partial charge on any atom is 0.166 e. The molecule has 2 bridgehead atoms. The molecule has 3 rings (SSSR count). The van der Waals surface area contributed by atoms with Crippen LogP contribution in [0.25, 0.3) is 0 Å². The highest BCUT2D eigenvalue weighted by Gasteiger charge is 2.37. The van der Waals surface area contributed by atoms with Crippen molar-refractivity contribution in [2.45, 2.75) is 36.2 Å². The van der Waals surface area contributed by atoms with Crippen molar-refractivity contribution in [1.82, 2.24) is 0 Å². The van der Waals surface area contributed by atoms with E-state index >= 15 is 0 Å². The molecular formula is C15H17FO2S. The number of hydrogen-bond donors (Lipinski definition) is 0. The van der Waals surface area contributed by atoms with Crippen molar-refractivity contribution in [3.8, 4) is 5.75 Å². The Bertz CT molecular complexity index is 491. The van der Waals surface area contributed by atoms with Crippen LogP contribution in [0.3, 0.4) is 0 Å². The molecule has 102 valence electrons. The Morgan fingerprint density at radius 1 is 1.32 bits per heavy atom. The first-order valence-corrected chi connectivity index (χ1v) is 7.65. The number of halogens is 1. The van der Waals surface area contributed by atoms with Gasteiger partial charge in [0.2, 0.25) is 0 Å². The van der Waals surface area contributed by atoms with Gasteiger partial charge in [-0.05, 0) is 43.9 Å². The molecule has 0 aromatic heterocycles. The summed E-state index contributed by atoms with van der Waals surface area (Å²) < 4.78 is 18.5. The number of ketones is 1. The second-order valence-corrected chi connectivity index (χ2v) is 6.94. The summed E-state index contributed by atoms with van der Waals surface area (Å²) in [5, 5.41) is 1.27. The summed E-state index contributed by atoms with van der Waals surface area (Å²) in [5.74, 6) is -0.0948. The molecule has 0 amide bonds. The average molecular weight is 280 g/mol. The zero-order valence-corrected chi connectivity index (χ0v) is 11.7. The number of methoxy groups -OCH3 is 1. The zero-order chi connectivity index (χ0) is 13.4. The molecule has 19 heavy (non-hydrogen) atoms. The highest BCUT2D eigenvalue weighted by atomic mass is 32.2. The molecule has 2 unspecified atom stereocenters. The van der Waals surface area contributed by atoms with Crippen LogP contribution in [0.4, 0.5) is 4.39 Å². The van der Waals surface area contributed by atoms with Crippen LogP contribution in [0.15, 0.2) is 18.2 Å². The highest BCUT2D eigenvalue weighted by Crippen LogP contribution is 2.46. The van der Waals surface area contributed by atoms with E-state index in [0.717, 1.165) is 12.8 Å². The van der Waals surface area contributed by atoms with Crippen molar-refractivity contribution in [2.75, 3.05) is 7.11 Å². The number of Topliss-reactive ketones (excluding diaryl/α,β-unsaturated/α-hetero) is 1. The van der Waals surface area contributed by atoms with Gasteiger partial charge in [0.25, 0.3) is 0 Å². The van der Waals surface area contributed by atoms with E-state index < -0.39 is 5.82 Å². The fourth-order valence-corrected chi connectivity index (χ4v) is 4.90. The fourth-order valence-electron chi connectivity index (χ4n) is 3.13. The van der Waals surface area contributed by atoms with Crippen molar-refractivity contribution < 1.29 is 13.9 Å².